The minimum Gasteiger partial charge on any atom is -0.355 e. The lowest BCUT2D eigenvalue weighted by Crippen LogP contribution is -2.37. The number of amides is 2. The summed E-state index contributed by atoms with van der Waals surface area (Å²) in [6, 6.07) is 9.08. The fraction of sp³-hybridized carbons (Fsp3) is 0.438. The molecular weight excluding hydrogens is 266 g/mol. The minimum atomic E-state index is -0.445. The van der Waals surface area contributed by atoms with Crippen LogP contribution < -0.4 is 10.6 Å². The number of nitrogens with one attached hydrogen (secondary N) is 2. The van der Waals surface area contributed by atoms with E-state index < -0.39 is 5.41 Å². The molecule has 1 rings (SSSR count). The van der Waals surface area contributed by atoms with Gasteiger partial charge in [0.15, 0.2) is 0 Å². The molecule has 5 heteroatoms. The van der Waals surface area contributed by atoms with Crippen molar-refractivity contribution in [3.63, 3.8) is 0 Å². The molecule has 2 amide bonds. The molecule has 0 saturated heterocycles. The van der Waals surface area contributed by atoms with Crippen LogP contribution in [0.25, 0.3) is 0 Å². The zero-order valence-corrected chi connectivity index (χ0v) is 12.7. The zero-order valence-electron chi connectivity index (χ0n) is 12.7. The molecule has 0 aromatic heterocycles. The molecule has 0 saturated carbocycles. The molecule has 2 N–H and O–H groups in total. The predicted molar refractivity (Wildman–Crippen MR) is 80.1 cm³/mol. The van der Waals surface area contributed by atoms with Crippen LogP contribution in [0.15, 0.2) is 24.3 Å². The highest BCUT2D eigenvalue weighted by atomic mass is 16.2. The van der Waals surface area contributed by atoms with E-state index in [1.54, 1.807) is 24.3 Å². The van der Waals surface area contributed by atoms with Crippen molar-refractivity contribution in [3.8, 4) is 6.07 Å². The van der Waals surface area contributed by atoms with E-state index in [4.69, 9.17) is 5.26 Å². The second-order valence-electron chi connectivity index (χ2n) is 5.84. The first-order chi connectivity index (χ1) is 9.82. The van der Waals surface area contributed by atoms with Crippen molar-refractivity contribution >= 4 is 11.8 Å². The van der Waals surface area contributed by atoms with E-state index in [1.807, 2.05) is 26.8 Å². The second kappa shape index (κ2) is 7.44. The molecule has 5 nitrogen and oxygen atoms in total. The Hall–Kier alpha value is -2.35. The second-order valence-corrected chi connectivity index (χ2v) is 5.84. The molecule has 0 aliphatic heterocycles. The molecule has 0 heterocycles. The monoisotopic (exact) mass is 287 g/mol. The number of benzene rings is 1. The summed E-state index contributed by atoms with van der Waals surface area (Å²) in [5.74, 6) is -0.184. The molecule has 0 aliphatic rings. The number of carbonyl (C=O) groups excluding carboxylic acids is 2. The van der Waals surface area contributed by atoms with Crippen LogP contribution in [0, 0.1) is 16.7 Å². The summed E-state index contributed by atoms with van der Waals surface area (Å²) in [7, 11) is 0. The molecule has 0 fully saturated rings. The molecule has 0 radical (unpaired) electrons. The third kappa shape index (κ3) is 6.09. The fourth-order valence-corrected chi connectivity index (χ4v) is 1.54. The zero-order chi connectivity index (χ0) is 15.9. The van der Waals surface area contributed by atoms with Gasteiger partial charge in [-0.25, -0.2) is 0 Å². The van der Waals surface area contributed by atoms with E-state index in [9.17, 15) is 9.59 Å². The topological polar surface area (TPSA) is 82.0 Å². The van der Waals surface area contributed by atoms with Crippen molar-refractivity contribution in [1.29, 1.82) is 5.26 Å². The highest BCUT2D eigenvalue weighted by Crippen LogP contribution is 2.12. The molecule has 112 valence electrons. The molecular formula is C16H21N3O2. The summed E-state index contributed by atoms with van der Waals surface area (Å²) in [5.41, 5.74) is 1.08. The summed E-state index contributed by atoms with van der Waals surface area (Å²) >= 11 is 0. The largest absolute Gasteiger partial charge is 0.355 e. The predicted octanol–water partition coefficient (Wildman–Crippen LogP) is 1.73. The Morgan fingerprint density at radius 3 is 2.29 bits per heavy atom. The van der Waals surface area contributed by atoms with E-state index in [-0.39, 0.29) is 18.2 Å². The van der Waals surface area contributed by atoms with Crippen LogP contribution in [0.1, 0.15) is 38.3 Å². The molecule has 21 heavy (non-hydrogen) atoms. The third-order valence-corrected chi connectivity index (χ3v) is 2.89. The first-order valence-corrected chi connectivity index (χ1v) is 6.87. The Balaban J connectivity index is 2.28. The first kappa shape index (κ1) is 16.7. The van der Waals surface area contributed by atoms with Gasteiger partial charge in [-0.05, 0) is 17.7 Å². The van der Waals surface area contributed by atoms with Crippen LogP contribution in [-0.4, -0.2) is 18.4 Å². The van der Waals surface area contributed by atoms with Crippen molar-refractivity contribution < 1.29 is 9.59 Å². The van der Waals surface area contributed by atoms with Crippen LogP contribution in [0.4, 0.5) is 0 Å². The molecule has 1 aromatic rings. The highest BCUT2D eigenvalue weighted by molar-refractivity contribution is 5.82. The highest BCUT2D eigenvalue weighted by Gasteiger charge is 2.20. The third-order valence-electron chi connectivity index (χ3n) is 2.89. The normalized spacial score (nSPS) is 10.6. The van der Waals surface area contributed by atoms with Gasteiger partial charge in [-0.1, -0.05) is 32.9 Å². The van der Waals surface area contributed by atoms with Crippen LogP contribution in [0.5, 0.6) is 0 Å². The summed E-state index contributed by atoms with van der Waals surface area (Å²) in [4.78, 5) is 23.3. The van der Waals surface area contributed by atoms with Gasteiger partial charge in [0.1, 0.15) is 0 Å². The van der Waals surface area contributed by atoms with E-state index in [0.717, 1.165) is 5.56 Å². The Bertz CT molecular complexity index is 536. The van der Waals surface area contributed by atoms with Gasteiger partial charge >= 0.3 is 0 Å². The standard InChI is InChI=1S/C16H21N3O2/c1-16(2,3)15(21)18-9-8-14(20)19-11-13-6-4-12(10-17)5-7-13/h4-7H,8-9,11H2,1-3H3,(H,18,21)(H,19,20). The molecule has 1 aromatic carbocycles. The van der Waals surface area contributed by atoms with E-state index in [0.29, 0.717) is 18.7 Å². The number of rotatable bonds is 5. The summed E-state index contributed by atoms with van der Waals surface area (Å²) in [6.07, 6.45) is 0.248. The average molecular weight is 287 g/mol. The number of nitrogens with zero attached hydrogens (tertiary/aromatic N) is 1. The van der Waals surface area contributed by atoms with Crippen molar-refractivity contribution in [2.24, 2.45) is 5.41 Å². The SMILES string of the molecule is CC(C)(C)C(=O)NCCC(=O)NCc1ccc(C#N)cc1. The Labute approximate surface area is 125 Å². The number of hydrogen-bond acceptors (Lipinski definition) is 3. The van der Waals surface area contributed by atoms with Gasteiger partial charge in [0.05, 0.1) is 11.6 Å². The van der Waals surface area contributed by atoms with Crippen LogP contribution in [0.3, 0.4) is 0 Å². The van der Waals surface area contributed by atoms with Gasteiger partial charge in [-0.3, -0.25) is 9.59 Å². The maximum absolute atomic E-state index is 11.7. The van der Waals surface area contributed by atoms with Crippen LogP contribution in [0.2, 0.25) is 0 Å². The van der Waals surface area contributed by atoms with Gasteiger partial charge in [0.2, 0.25) is 11.8 Å². The smallest absolute Gasteiger partial charge is 0.225 e. The van der Waals surface area contributed by atoms with Gasteiger partial charge in [-0.15, -0.1) is 0 Å². The van der Waals surface area contributed by atoms with Gasteiger partial charge in [0.25, 0.3) is 0 Å². The summed E-state index contributed by atoms with van der Waals surface area (Å²) in [6.45, 7) is 6.22. The molecule has 0 bridgehead atoms. The maximum atomic E-state index is 11.7. The average Bonchev–Trinajstić information content (AvgIpc) is 2.44. The van der Waals surface area contributed by atoms with E-state index >= 15 is 0 Å². The summed E-state index contributed by atoms with van der Waals surface area (Å²) in [5, 5.41) is 14.2. The lowest BCUT2D eigenvalue weighted by molar-refractivity contribution is -0.128. The van der Waals surface area contributed by atoms with Crippen molar-refractivity contribution in [1.82, 2.24) is 10.6 Å². The maximum Gasteiger partial charge on any atom is 0.225 e. The number of carbonyl (C=O) groups is 2. The van der Waals surface area contributed by atoms with Gasteiger partial charge in [0, 0.05) is 24.9 Å². The summed E-state index contributed by atoms with van der Waals surface area (Å²) < 4.78 is 0. The van der Waals surface area contributed by atoms with E-state index in [1.165, 1.54) is 0 Å². The van der Waals surface area contributed by atoms with E-state index in [2.05, 4.69) is 10.6 Å². The Kier molecular flexibility index (Phi) is 5.92. The molecule has 0 atom stereocenters. The lowest BCUT2D eigenvalue weighted by Gasteiger charge is -2.17. The fourth-order valence-electron chi connectivity index (χ4n) is 1.54. The molecule has 0 unspecified atom stereocenters. The first-order valence-electron chi connectivity index (χ1n) is 6.87. The van der Waals surface area contributed by atoms with Gasteiger partial charge in [-0.2, -0.15) is 5.26 Å². The van der Waals surface area contributed by atoms with Crippen molar-refractivity contribution in [2.45, 2.75) is 33.7 Å². The number of hydrogen-bond donors (Lipinski definition) is 2. The Morgan fingerprint density at radius 1 is 1.14 bits per heavy atom. The molecule has 0 spiro atoms. The lowest BCUT2D eigenvalue weighted by atomic mass is 9.96. The van der Waals surface area contributed by atoms with Gasteiger partial charge < -0.3 is 10.6 Å². The molecule has 0 aliphatic carbocycles. The quantitative estimate of drug-likeness (QED) is 0.865. The minimum absolute atomic E-state index is 0.0672. The Morgan fingerprint density at radius 2 is 1.76 bits per heavy atom. The van der Waals surface area contributed by atoms with Crippen LogP contribution in [-0.2, 0) is 16.1 Å². The number of nitriles is 1. The van der Waals surface area contributed by atoms with Crippen molar-refractivity contribution in [2.75, 3.05) is 6.54 Å². The van der Waals surface area contributed by atoms with Crippen molar-refractivity contribution in [3.05, 3.63) is 35.4 Å². The van der Waals surface area contributed by atoms with Crippen LogP contribution >= 0.6 is 0 Å².